The van der Waals surface area contributed by atoms with Crippen LogP contribution in [0.5, 0.6) is 0 Å². The third kappa shape index (κ3) is 2.48. The van der Waals surface area contributed by atoms with E-state index in [9.17, 15) is 18.0 Å². The van der Waals surface area contributed by atoms with Gasteiger partial charge in [0.05, 0.1) is 11.1 Å². The molecule has 3 nitrogen and oxygen atoms in total. The molecule has 0 aromatic heterocycles. The lowest BCUT2D eigenvalue weighted by atomic mass is 10.1. The maximum atomic E-state index is 13.8. The molecule has 1 amide bonds. The van der Waals surface area contributed by atoms with Crippen molar-refractivity contribution in [1.29, 1.82) is 0 Å². The van der Waals surface area contributed by atoms with Gasteiger partial charge < -0.3 is 10.2 Å². The number of piperazine rings is 1. The molecule has 1 fully saturated rings. The first-order valence-corrected chi connectivity index (χ1v) is 5.68. The van der Waals surface area contributed by atoms with Crippen molar-refractivity contribution in [2.24, 2.45) is 0 Å². The van der Waals surface area contributed by atoms with Crippen LogP contribution < -0.4 is 5.32 Å². The summed E-state index contributed by atoms with van der Waals surface area (Å²) in [6, 6.07) is 3.51. The summed E-state index contributed by atoms with van der Waals surface area (Å²) in [4.78, 5) is 13.5. The van der Waals surface area contributed by atoms with Gasteiger partial charge in [0, 0.05) is 26.2 Å². The minimum Gasteiger partial charge on any atom is -0.336 e. The molecule has 1 aliphatic rings. The van der Waals surface area contributed by atoms with E-state index in [1.807, 2.05) is 0 Å². The minimum atomic E-state index is -2.92. The molecule has 1 N–H and O–H groups in total. The van der Waals surface area contributed by atoms with Crippen molar-refractivity contribution in [1.82, 2.24) is 10.2 Å². The molecule has 1 aromatic carbocycles. The molecule has 18 heavy (non-hydrogen) atoms. The molecule has 1 heterocycles. The van der Waals surface area contributed by atoms with Gasteiger partial charge in [0.1, 0.15) is 5.82 Å². The fourth-order valence-electron chi connectivity index (χ4n) is 1.92. The highest BCUT2D eigenvalue weighted by Gasteiger charge is 2.24. The molecular weight excluding hydrogens is 245 g/mol. The lowest BCUT2D eigenvalue weighted by Gasteiger charge is -2.27. The van der Waals surface area contributed by atoms with Crippen molar-refractivity contribution < 1.29 is 18.0 Å². The van der Waals surface area contributed by atoms with E-state index in [1.165, 1.54) is 17.0 Å². The summed E-state index contributed by atoms with van der Waals surface area (Å²) in [5, 5.41) is 3.06. The SMILES string of the molecule is O=C(c1cccc(C(F)F)c1F)N1CCNCC1. The van der Waals surface area contributed by atoms with E-state index in [4.69, 9.17) is 0 Å². The molecule has 0 spiro atoms. The van der Waals surface area contributed by atoms with Crippen LogP contribution in [-0.4, -0.2) is 37.0 Å². The standard InChI is InChI=1S/C12H13F3N2O/c13-10-8(11(14)15)2-1-3-9(10)12(18)17-6-4-16-5-7-17/h1-3,11,16H,4-7H2. The monoisotopic (exact) mass is 258 g/mol. The number of rotatable bonds is 2. The molecular formula is C12H13F3N2O. The molecule has 0 aliphatic carbocycles. The molecule has 1 saturated heterocycles. The van der Waals surface area contributed by atoms with Crippen molar-refractivity contribution in [2.75, 3.05) is 26.2 Å². The Labute approximate surface area is 103 Å². The first-order chi connectivity index (χ1) is 8.61. The first kappa shape index (κ1) is 12.9. The Balaban J connectivity index is 2.27. The van der Waals surface area contributed by atoms with E-state index >= 15 is 0 Å². The van der Waals surface area contributed by atoms with E-state index in [2.05, 4.69) is 5.32 Å². The van der Waals surface area contributed by atoms with E-state index in [1.54, 1.807) is 0 Å². The number of nitrogens with zero attached hydrogens (tertiary/aromatic N) is 1. The summed E-state index contributed by atoms with van der Waals surface area (Å²) in [5.74, 6) is -1.65. The van der Waals surface area contributed by atoms with Gasteiger partial charge >= 0.3 is 0 Å². The van der Waals surface area contributed by atoms with Crippen LogP contribution >= 0.6 is 0 Å². The molecule has 6 heteroatoms. The van der Waals surface area contributed by atoms with Gasteiger partial charge in [-0.05, 0) is 6.07 Å². The van der Waals surface area contributed by atoms with Crippen LogP contribution in [0.2, 0.25) is 0 Å². The number of nitrogens with one attached hydrogen (secondary N) is 1. The Kier molecular flexibility index (Phi) is 3.86. The third-order valence-corrected chi connectivity index (χ3v) is 2.90. The second-order valence-corrected chi connectivity index (χ2v) is 4.05. The van der Waals surface area contributed by atoms with Gasteiger partial charge in [0.2, 0.25) is 0 Å². The molecule has 0 radical (unpaired) electrons. The predicted molar refractivity (Wildman–Crippen MR) is 60.1 cm³/mol. The molecule has 0 unspecified atom stereocenters. The highest BCUT2D eigenvalue weighted by molar-refractivity contribution is 5.94. The van der Waals surface area contributed by atoms with E-state index in [-0.39, 0.29) is 5.56 Å². The maximum absolute atomic E-state index is 13.8. The van der Waals surface area contributed by atoms with Crippen molar-refractivity contribution >= 4 is 5.91 Å². The van der Waals surface area contributed by atoms with Crippen molar-refractivity contribution in [2.45, 2.75) is 6.43 Å². The van der Waals surface area contributed by atoms with Gasteiger partial charge in [-0.15, -0.1) is 0 Å². The topological polar surface area (TPSA) is 32.3 Å². The van der Waals surface area contributed by atoms with E-state index < -0.39 is 23.7 Å². The van der Waals surface area contributed by atoms with Gasteiger partial charge in [0.15, 0.2) is 0 Å². The number of carbonyl (C=O) groups is 1. The number of carbonyl (C=O) groups excluding carboxylic acids is 1. The average Bonchev–Trinajstić information content (AvgIpc) is 2.39. The molecule has 2 rings (SSSR count). The molecule has 1 aliphatic heterocycles. The van der Waals surface area contributed by atoms with Gasteiger partial charge in [0.25, 0.3) is 12.3 Å². The average molecular weight is 258 g/mol. The molecule has 0 bridgehead atoms. The first-order valence-electron chi connectivity index (χ1n) is 5.68. The number of halogens is 3. The van der Waals surface area contributed by atoms with Gasteiger partial charge in [-0.3, -0.25) is 4.79 Å². The minimum absolute atomic E-state index is 0.283. The zero-order valence-electron chi connectivity index (χ0n) is 9.63. The lowest BCUT2D eigenvalue weighted by molar-refractivity contribution is 0.0729. The van der Waals surface area contributed by atoms with E-state index in [0.29, 0.717) is 26.2 Å². The van der Waals surface area contributed by atoms with Crippen LogP contribution in [0.1, 0.15) is 22.3 Å². The van der Waals surface area contributed by atoms with Crippen LogP contribution in [-0.2, 0) is 0 Å². The normalized spacial score (nSPS) is 16.1. The Morgan fingerprint density at radius 3 is 2.56 bits per heavy atom. The summed E-state index contributed by atoms with van der Waals surface area (Å²) in [7, 11) is 0. The Morgan fingerprint density at radius 2 is 1.94 bits per heavy atom. The second-order valence-electron chi connectivity index (χ2n) is 4.05. The zero-order chi connectivity index (χ0) is 13.1. The summed E-state index contributed by atoms with van der Waals surface area (Å²) in [6.07, 6.45) is -2.92. The molecule has 1 aromatic rings. The Bertz CT molecular complexity index is 445. The lowest BCUT2D eigenvalue weighted by Crippen LogP contribution is -2.46. The third-order valence-electron chi connectivity index (χ3n) is 2.90. The largest absolute Gasteiger partial charge is 0.336 e. The van der Waals surface area contributed by atoms with Gasteiger partial charge in [-0.1, -0.05) is 12.1 Å². The van der Waals surface area contributed by atoms with E-state index in [0.717, 1.165) is 6.07 Å². The summed E-state index contributed by atoms with van der Waals surface area (Å²) >= 11 is 0. The quantitative estimate of drug-likeness (QED) is 0.877. The highest BCUT2D eigenvalue weighted by atomic mass is 19.3. The molecule has 0 atom stereocenters. The number of amides is 1. The Morgan fingerprint density at radius 1 is 1.28 bits per heavy atom. The van der Waals surface area contributed by atoms with Crippen LogP contribution in [0.25, 0.3) is 0 Å². The second kappa shape index (κ2) is 5.39. The fourth-order valence-corrected chi connectivity index (χ4v) is 1.92. The van der Waals surface area contributed by atoms with Crippen molar-refractivity contribution in [3.05, 3.63) is 35.1 Å². The van der Waals surface area contributed by atoms with Crippen molar-refractivity contribution in [3.63, 3.8) is 0 Å². The summed E-state index contributed by atoms with van der Waals surface area (Å²) < 4.78 is 38.9. The number of alkyl halides is 2. The highest BCUT2D eigenvalue weighted by Crippen LogP contribution is 2.24. The number of hydrogen-bond donors (Lipinski definition) is 1. The molecule has 98 valence electrons. The smallest absolute Gasteiger partial charge is 0.266 e. The number of benzene rings is 1. The Hall–Kier alpha value is -1.56. The van der Waals surface area contributed by atoms with Crippen molar-refractivity contribution in [3.8, 4) is 0 Å². The zero-order valence-corrected chi connectivity index (χ0v) is 9.63. The van der Waals surface area contributed by atoms with Crippen LogP contribution in [0.3, 0.4) is 0 Å². The number of hydrogen-bond acceptors (Lipinski definition) is 2. The fraction of sp³-hybridized carbons (Fsp3) is 0.417. The van der Waals surface area contributed by atoms with Crippen LogP contribution in [0.4, 0.5) is 13.2 Å². The van der Waals surface area contributed by atoms with Gasteiger partial charge in [-0.25, -0.2) is 13.2 Å². The summed E-state index contributed by atoms with van der Waals surface area (Å²) in [6.45, 7) is 2.16. The van der Waals surface area contributed by atoms with Gasteiger partial charge in [-0.2, -0.15) is 0 Å². The van der Waals surface area contributed by atoms with Crippen LogP contribution in [0.15, 0.2) is 18.2 Å². The summed E-state index contributed by atoms with van der Waals surface area (Å²) in [5.41, 5.74) is -1.01. The predicted octanol–water partition coefficient (Wildman–Crippen LogP) is 1.81. The maximum Gasteiger partial charge on any atom is 0.266 e. The van der Waals surface area contributed by atoms with Crippen LogP contribution in [0, 0.1) is 5.82 Å². The molecule has 0 saturated carbocycles.